The number of hydrogen-bond donors (Lipinski definition) is 1. The maximum atomic E-state index is 13.2. The van der Waals surface area contributed by atoms with Crippen LogP contribution < -0.4 is 5.32 Å². The fourth-order valence-electron chi connectivity index (χ4n) is 4.93. The lowest BCUT2D eigenvalue weighted by molar-refractivity contribution is 0.0676. The van der Waals surface area contributed by atoms with Crippen LogP contribution >= 0.6 is 0 Å². The first-order valence-corrected chi connectivity index (χ1v) is 11.1. The van der Waals surface area contributed by atoms with Crippen LogP contribution in [0.2, 0.25) is 0 Å². The molecule has 2 aliphatic rings. The summed E-state index contributed by atoms with van der Waals surface area (Å²) in [5, 5.41) is 3.51. The number of nitrogens with one attached hydrogen (secondary N) is 1. The van der Waals surface area contributed by atoms with Gasteiger partial charge in [0.05, 0.1) is 6.04 Å². The molecule has 1 amide bonds. The summed E-state index contributed by atoms with van der Waals surface area (Å²) in [6, 6.07) is 27.6. The van der Waals surface area contributed by atoms with Crippen LogP contribution in [0, 0.1) is 0 Å². The minimum absolute atomic E-state index is 0.0873. The van der Waals surface area contributed by atoms with E-state index in [1.54, 1.807) is 0 Å². The zero-order valence-corrected chi connectivity index (χ0v) is 17.8. The quantitative estimate of drug-likeness (QED) is 0.667. The van der Waals surface area contributed by atoms with Crippen LogP contribution in [-0.4, -0.2) is 42.8 Å². The second-order valence-electron chi connectivity index (χ2n) is 8.61. The Kier molecular flexibility index (Phi) is 5.47. The fourth-order valence-corrected chi connectivity index (χ4v) is 4.93. The third-order valence-corrected chi connectivity index (χ3v) is 6.50. The van der Waals surface area contributed by atoms with Crippen molar-refractivity contribution in [1.29, 1.82) is 0 Å². The van der Waals surface area contributed by atoms with Crippen LogP contribution in [0.5, 0.6) is 0 Å². The smallest absolute Gasteiger partial charge is 0.410 e. The average molecular weight is 413 g/mol. The van der Waals surface area contributed by atoms with E-state index in [0.29, 0.717) is 13.2 Å². The van der Waals surface area contributed by atoms with Crippen molar-refractivity contribution in [3.05, 3.63) is 95.6 Å². The first-order chi connectivity index (χ1) is 15.2. The van der Waals surface area contributed by atoms with Gasteiger partial charge in [0.2, 0.25) is 0 Å². The molecule has 0 bridgehead atoms. The fraction of sp³-hybridized carbons (Fsp3) is 0.296. The van der Waals surface area contributed by atoms with E-state index in [2.05, 4.69) is 72.9 Å². The largest absolute Gasteiger partial charge is 0.448 e. The molecule has 2 atom stereocenters. The lowest BCUT2D eigenvalue weighted by Crippen LogP contribution is -2.58. The number of benzene rings is 3. The van der Waals surface area contributed by atoms with Gasteiger partial charge in [-0.25, -0.2) is 4.79 Å². The number of ether oxygens (including phenoxy) is 1. The molecule has 0 unspecified atom stereocenters. The molecule has 31 heavy (non-hydrogen) atoms. The van der Waals surface area contributed by atoms with Gasteiger partial charge < -0.3 is 15.0 Å². The molecule has 158 valence electrons. The van der Waals surface area contributed by atoms with Gasteiger partial charge in [-0.3, -0.25) is 0 Å². The third kappa shape index (κ3) is 3.96. The Balaban J connectivity index is 1.32. The van der Waals surface area contributed by atoms with Gasteiger partial charge in [0.25, 0.3) is 0 Å². The molecule has 4 heteroatoms. The Bertz CT molecular complexity index is 1020. The van der Waals surface area contributed by atoms with E-state index >= 15 is 0 Å². The highest BCUT2D eigenvalue weighted by Gasteiger charge is 2.33. The van der Waals surface area contributed by atoms with Crippen molar-refractivity contribution in [2.75, 3.05) is 19.7 Å². The van der Waals surface area contributed by atoms with Crippen LogP contribution in [0.3, 0.4) is 0 Å². The molecule has 1 fully saturated rings. The summed E-state index contributed by atoms with van der Waals surface area (Å²) >= 11 is 0. The predicted molar refractivity (Wildman–Crippen MR) is 123 cm³/mol. The Labute approximate surface area is 183 Å². The van der Waals surface area contributed by atoms with Crippen molar-refractivity contribution in [3.63, 3.8) is 0 Å². The Morgan fingerprint density at radius 1 is 0.935 bits per heavy atom. The van der Waals surface area contributed by atoms with Crippen molar-refractivity contribution in [2.24, 2.45) is 0 Å². The number of rotatable bonds is 4. The van der Waals surface area contributed by atoms with Crippen molar-refractivity contribution in [3.8, 4) is 11.1 Å². The van der Waals surface area contributed by atoms with Gasteiger partial charge in [-0.15, -0.1) is 0 Å². The van der Waals surface area contributed by atoms with Crippen LogP contribution in [0.4, 0.5) is 4.79 Å². The average Bonchev–Trinajstić information content (AvgIpc) is 3.13. The number of carbonyl (C=O) groups excluding carboxylic acids is 1. The summed E-state index contributed by atoms with van der Waals surface area (Å²) in [6.45, 7) is 3.92. The first kappa shape index (κ1) is 19.8. The Hall–Kier alpha value is -3.11. The molecule has 0 saturated carbocycles. The topological polar surface area (TPSA) is 41.6 Å². The summed E-state index contributed by atoms with van der Waals surface area (Å²) in [4.78, 5) is 15.1. The molecule has 0 aromatic heterocycles. The number of amides is 1. The number of carbonyl (C=O) groups is 1. The van der Waals surface area contributed by atoms with E-state index in [9.17, 15) is 4.79 Å². The molecule has 1 N–H and O–H groups in total. The van der Waals surface area contributed by atoms with Crippen molar-refractivity contribution < 1.29 is 9.53 Å². The molecule has 3 aromatic carbocycles. The molecule has 0 radical (unpaired) electrons. The van der Waals surface area contributed by atoms with E-state index < -0.39 is 0 Å². The standard InChI is InChI=1S/C27H28N2O2/c1-19-17-29(21(16-28-19)15-20-9-3-2-4-10-20)27(30)31-18-26-24-13-7-5-11-22(24)23-12-6-8-14-25(23)26/h2-14,19,21,26,28H,15-18H2,1H3/t19-,21+/m1/s1. The molecule has 4 nitrogen and oxygen atoms in total. The van der Waals surface area contributed by atoms with Crippen LogP contribution in [0.25, 0.3) is 11.1 Å². The normalized spacial score (nSPS) is 20.2. The Morgan fingerprint density at radius 3 is 2.23 bits per heavy atom. The zero-order valence-electron chi connectivity index (χ0n) is 17.8. The lowest BCUT2D eigenvalue weighted by Gasteiger charge is -2.39. The minimum atomic E-state index is -0.212. The number of nitrogens with zero attached hydrogens (tertiary/aromatic N) is 1. The van der Waals surface area contributed by atoms with Crippen LogP contribution in [-0.2, 0) is 11.2 Å². The molecule has 0 spiro atoms. The third-order valence-electron chi connectivity index (χ3n) is 6.50. The second-order valence-corrected chi connectivity index (χ2v) is 8.61. The highest BCUT2D eigenvalue weighted by Crippen LogP contribution is 2.44. The van der Waals surface area contributed by atoms with Gasteiger partial charge in [-0.05, 0) is 41.2 Å². The molecule has 1 aliphatic heterocycles. The summed E-state index contributed by atoms with van der Waals surface area (Å²) < 4.78 is 5.95. The monoisotopic (exact) mass is 412 g/mol. The van der Waals surface area contributed by atoms with Crippen molar-refractivity contribution in [2.45, 2.75) is 31.3 Å². The molecule has 1 heterocycles. The molecule has 5 rings (SSSR count). The molecule has 3 aromatic rings. The van der Waals surface area contributed by atoms with Gasteiger partial charge in [0.1, 0.15) is 6.61 Å². The van der Waals surface area contributed by atoms with E-state index in [0.717, 1.165) is 13.0 Å². The summed E-state index contributed by atoms with van der Waals surface area (Å²) in [5.41, 5.74) is 6.21. The molecular formula is C27H28N2O2. The van der Waals surface area contributed by atoms with E-state index in [-0.39, 0.29) is 24.1 Å². The van der Waals surface area contributed by atoms with Gasteiger partial charge in [-0.1, -0.05) is 78.9 Å². The summed E-state index contributed by atoms with van der Waals surface area (Å²) in [5.74, 6) is 0.0873. The van der Waals surface area contributed by atoms with Crippen molar-refractivity contribution >= 4 is 6.09 Å². The molecule has 1 aliphatic carbocycles. The SMILES string of the molecule is C[C@@H]1CN(C(=O)OCC2c3ccccc3-c3ccccc32)[C@@H](Cc2ccccc2)CN1. The maximum absolute atomic E-state index is 13.2. The number of piperazine rings is 1. The maximum Gasteiger partial charge on any atom is 0.410 e. The van der Waals surface area contributed by atoms with Crippen molar-refractivity contribution in [1.82, 2.24) is 10.2 Å². The number of fused-ring (bicyclic) bond motifs is 3. The van der Waals surface area contributed by atoms with E-state index in [4.69, 9.17) is 4.74 Å². The van der Waals surface area contributed by atoms with Gasteiger partial charge >= 0.3 is 6.09 Å². The predicted octanol–water partition coefficient (Wildman–Crippen LogP) is 4.84. The molecule has 1 saturated heterocycles. The lowest BCUT2D eigenvalue weighted by atomic mass is 9.98. The van der Waals surface area contributed by atoms with E-state index in [1.807, 2.05) is 23.1 Å². The minimum Gasteiger partial charge on any atom is -0.448 e. The summed E-state index contributed by atoms with van der Waals surface area (Å²) in [6.07, 6.45) is 0.612. The van der Waals surface area contributed by atoms with Crippen LogP contribution in [0.1, 0.15) is 29.5 Å². The zero-order chi connectivity index (χ0) is 21.2. The highest BCUT2D eigenvalue weighted by molar-refractivity contribution is 5.79. The second kappa shape index (κ2) is 8.56. The highest BCUT2D eigenvalue weighted by atomic mass is 16.6. The molecular weight excluding hydrogens is 384 g/mol. The van der Waals surface area contributed by atoms with Gasteiger partial charge in [0.15, 0.2) is 0 Å². The van der Waals surface area contributed by atoms with Gasteiger partial charge in [0, 0.05) is 25.0 Å². The first-order valence-electron chi connectivity index (χ1n) is 11.1. The summed E-state index contributed by atoms with van der Waals surface area (Å²) in [7, 11) is 0. The Morgan fingerprint density at radius 2 is 1.55 bits per heavy atom. The number of hydrogen-bond acceptors (Lipinski definition) is 3. The van der Waals surface area contributed by atoms with Crippen LogP contribution in [0.15, 0.2) is 78.9 Å². The van der Waals surface area contributed by atoms with Gasteiger partial charge in [-0.2, -0.15) is 0 Å². The van der Waals surface area contributed by atoms with E-state index in [1.165, 1.54) is 27.8 Å².